The first-order valence-electron chi connectivity index (χ1n) is 9.32. The highest BCUT2D eigenvalue weighted by Gasteiger charge is 2.09. The summed E-state index contributed by atoms with van der Waals surface area (Å²) in [5, 5.41) is 5.94. The van der Waals surface area contributed by atoms with Gasteiger partial charge in [-0.15, -0.1) is 0 Å². The lowest BCUT2D eigenvalue weighted by molar-refractivity contribution is 0.215. The normalized spacial score (nSPS) is 10.3. The molecule has 7 heteroatoms. The Hall–Kier alpha value is -4.26. The number of pyridine rings is 1. The Bertz CT molecular complexity index is 1150. The van der Waals surface area contributed by atoms with Gasteiger partial charge in [-0.25, -0.2) is 14.8 Å². The van der Waals surface area contributed by atoms with Crippen molar-refractivity contribution in [3.63, 3.8) is 0 Å². The third kappa shape index (κ3) is 4.77. The van der Waals surface area contributed by atoms with Crippen LogP contribution in [0.1, 0.15) is 5.56 Å². The predicted octanol–water partition coefficient (Wildman–Crippen LogP) is 5.20. The number of anilines is 3. The van der Waals surface area contributed by atoms with Crippen LogP contribution < -0.4 is 15.4 Å². The zero-order valence-corrected chi connectivity index (χ0v) is 16.2. The molecule has 0 saturated heterocycles. The van der Waals surface area contributed by atoms with Crippen molar-refractivity contribution < 1.29 is 9.53 Å². The molecule has 2 aromatic heterocycles. The molecule has 7 nitrogen and oxygen atoms in total. The number of hydrogen-bond acceptors (Lipinski definition) is 6. The number of hydrogen-bond donors (Lipinski definition) is 2. The molecule has 0 unspecified atom stereocenters. The van der Waals surface area contributed by atoms with Crippen LogP contribution in [0, 0.1) is 6.92 Å². The van der Waals surface area contributed by atoms with Crippen LogP contribution in [-0.2, 0) is 0 Å². The number of carbonyl (C=O) groups excluding carboxylic acids is 1. The van der Waals surface area contributed by atoms with E-state index in [2.05, 4.69) is 25.6 Å². The molecule has 4 rings (SSSR count). The molecule has 4 aromatic rings. The second kappa shape index (κ2) is 8.83. The summed E-state index contributed by atoms with van der Waals surface area (Å²) in [6, 6.07) is 20.0. The largest absolute Gasteiger partial charge is 0.417 e. The molecule has 2 heterocycles. The molecule has 0 spiro atoms. The Labute approximate surface area is 173 Å². The minimum atomic E-state index is -0.564. The average molecular weight is 397 g/mol. The van der Waals surface area contributed by atoms with Crippen LogP contribution in [-0.4, -0.2) is 21.0 Å². The lowest BCUT2D eigenvalue weighted by atomic mass is 10.2. The van der Waals surface area contributed by atoms with Gasteiger partial charge in [0.05, 0.1) is 5.69 Å². The van der Waals surface area contributed by atoms with Gasteiger partial charge in [-0.1, -0.05) is 24.3 Å². The van der Waals surface area contributed by atoms with Crippen molar-refractivity contribution in [1.82, 2.24) is 15.0 Å². The second-order valence-corrected chi connectivity index (χ2v) is 6.49. The third-order valence-electron chi connectivity index (χ3n) is 4.30. The van der Waals surface area contributed by atoms with Crippen LogP contribution in [0.4, 0.5) is 22.1 Å². The smallest absolute Gasteiger partial charge is 0.410 e. The maximum absolute atomic E-state index is 12.2. The van der Waals surface area contributed by atoms with Crippen LogP contribution in [0.15, 0.2) is 85.3 Å². The van der Waals surface area contributed by atoms with E-state index in [0.717, 1.165) is 22.5 Å². The van der Waals surface area contributed by atoms with Crippen LogP contribution in [0.3, 0.4) is 0 Å². The molecule has 30 heavy (non-hydrogen) atoms. The molecule has 0 atom stereocenters. The number of rotatable bonds is 5. The number of nitrogens with zero attached hydrogens (tertiary/aromatic N) is 3. The minimum absolute atomic E-state index is 0.448. The fraction of sp³-hybridized carbons (Fsp3) is 0.0435. The monoisotopic (exact) mass is 397 g/mol. The summed E-state index contributed by atoms with van der Waals surface area (Å²) in [4.78, 5) is 25.1. The van der Waals surface area contributed by atoms with Gasteiger partial charge in [0, 0.05) is 35.5 Å². The van der Waals surface area contributed by atoms with Gasteiger partial charge >= 0.3 is 6.09 Å². The lowest BCUT2D eigenvalue weighted by Gasteiger charge is -2.12. The number of benzene rings is 2. The molecule has 148 valence electrons. The van der Waals surface area contributed by atoms with Gasteiger partial charge in [0.1, 0.15) is 5.75 Å². The van der Waals surface area contributed by atoms with Crippen molar-refractivity contribution in [2.24, 2.45) is 0 Å². The van der Waals surface area contributed by atoms with Crippen molar-refractivity contribution in [1.29, 1.82) is 0 Å². The molecule has 2 N–H and O–H groups in total. The van der Waals surface area contributed by atoms with Crippen LogP contribution >= 0.6 is 0 Å². The van der Waals surface area contributed by atoms with Gasteiger partial charge in [-0.3, -0.25) is 10.3 Å². The van der Waals surface area contributed by atoms with Gasteiger partial charge in [0.25, 0.3) is 0 Å². The second-order valence-electron chi connectivity index (χ2n) is 6.49. The highest BCUT2D eigenvalue weighted by atomic mass is 16.6. The molecule has 0 fully saturated rings. The number of aromatic nitrogens is 3. The Balaban J connectivity index is 1.49. The first-order chi connectivity index (χ1) is 14.7. The van der Waals surface area contributed by atoms with Crippen molar-refractivity contribution in [3.05, 3.63) is 90.9 Å². The van der Waals surface area contributed by atoms with Gasteiger partial charge in [-0.05, 0) is 55.0 Å². The highest BCUT2D eigenvalue weighted by molar-refractivity contribution is 5.87. The molecule has 0 aliphatic heterocycles. The topological polar surface area (TPSA) is 89.0 Å². The fourth-order valence-corrected chi connectivity index (χ4v) is 2.79. The maximum atomic E-state index is 12.2. The Morgan fingerprint density at radius 3 is 2.63 bits per heavy atom. The number of aryl methyl sites for hydroxylation is 1. The van der Waals surface area contributed by atoms with Crippen molar-refractivity contribution in [2.75, 3.05) is 10.6 Å². The van der Waals surface area contributed by atoms with Crippen molar-refractivity contribution >= 4 is 23.4 Å². The summed E-state index contributed by atoms with van der Waals surface area (Å²) in [6.07, 6.45) is 4.59. The quantitative estimate of drug-likeness (QED) is 0.481. The van der Waals surface area contributed by atoms with E-state index in [4.69, 9.17) is 4.74 Å². The van der Waals surface area contributed by atoms with Gasteiger partial charge in [-0.2, -0.15) is 0 Å². The van der Waals surface area contributed by atoms with E-state index < -0.39 is 6.09 Å². The van der Waals surface area contributed by atoms with Crippen LogP contribution in [0.5, 0.6) is 5.75 Å². The summed E-state index contributed by atoms with van der Waals surface area (Å²) in [7, 11) is 0. The summed E-state index contributed by atoms with van der Waals surface area (Å²) >= 11 is 0. The zero-order valence-electron chi connectivity index (χ0n) is 16.2. The summed E-state index contributed by atoms with van der Waals surface area (Å²) in [5.74, 6) is 0.921. The third-order valence-corrected chi connectivity index (χ3v) is 4.30. The van der Waals surface area contributed by atoms with Gasteiger partial charge < -0.3 is 10.1 Å². The van der Waals surface area contributed by atoms with E-state index in [1.54, 1.807) is 48.9 Å². The maximum Gasteiger partial charge on any atom is 0.417 e. The molecular formula is C23H19N5O2. The molecule has 0 radical (unpaired) electrons. The summed E-state index contributed by atoms with van der Waals surface area (Å²) in [5.41, 5.74) is 4.01. The van der Waals surface area contributed by atoms with Gasteiger partial charge in [0.15, 0.2) is 0 Å². The number of para-hydroxylation sites is 1. The summed E-state index contributed by atoms with van der Waals surface area (Å²) in [6.45, 7) is 1.96. The summed E-state index contributed by atoms with van der Waals surface area (Å²) < 4.78 is 5.27. The SMILES string of the molecule is Cc1ccc(NC(=O)Oc2ccccc2)cc1Nc1nccc(-c2cccnc2)n1. The molecule has 2 aromatic carbocycles. The molecule has 0 bridgehead atoms. The number of amides is 1. The number of carbonyl (C=O) groups is 1. The standard InChI is InChI=1S/C23H19N5O2/c1-16-9-10-18(26-23(29)30-19-7-3-2-4-8-19)14-21(16)28-22-25-13-11-20(27-22)17-6-5-12-24-15-17/h2-15H,1H3,(H,26,29)(H,25,27,28). The van der Waals surface area contributed by atoms with Gasteiger partial charge in [0.2, 0.25) is 5.95 Å². The van der Waals surface area contributed by atoms with Crippen molar-refractivity contribution in [3.8, 4) is 17.0 Å². The molecule has 0 saturated carbocycles. The lowest BCUT2D eigenvalue weighted by Crippen LogP contribution is -2.16. The van der Waals surface area contributed by atoms with Crippen LogP contribution in [0.25, 0.3) is 11.3 Å². The minimum Gasteiger partial charge on any atom is -0.410 e. The first-order valence-corrected chi connectivity index (χ1v) is 9.32. The Morgan fingerprint density at radius 1 is 0.967 bits per heavy atom. The van der Waals surface area contributed by atoms with E-state index in [9.17, 15) is 4.79 Å². The number of ether oxygens (including phenoxy) is 1. The van der Waals surface area contributed by atoms with E-state index in [-0.39, 0.29) is 0 Å². The first kappa shape index (κ1) is 19.1. The zero-order chi connectivity index (χ0) is 20.8. The molecular weight excluding hydrogens is 378 g/mol. The van der Waals surface area contributed by atoms with E-state index >= 15 is 0 Å². The Morgan fingerprint density at radius 2 is 1.83 bits per heavy atom. The average Bonchev–Trinajstić information content (AvgIpc) is 2.77. The highest BCUT2D eigenvalue weighted by Crippen LogP contribution is 2.24. The predicted molar refractivity (Wildman–Crippen MR) is 116 cm³/mol. The Kier molecular flexibility index (Phi) is 5.61. The van der Waals surface area contributed by atoms with E-state index in [1.807, 2.05) is 43.3 Å². The van der Waals surface area contributed by atoms with Crippen molar-refractivity contribution in [2.45, 2.75) is 6.92 Å². The molecule has 0 aliphatic rings. The number of nitrogens with one attached hydrogen (secondary N) is 2. The van der Waals surface area contributed by atoms with E-state index in [0.29, 0.717) is 17.4 Å². The molecule has 1 amide bonds. The van der Waals surface area contributed by atoms with Crippen LogP contribution in [0.2, 0.25) is 0 Å². The molecule has 0 aliphatic carbocycles. The van der Waals surface area contributed by atoms with E-state index in [1.165, 1.54) is 0 Å². The fourth-order valence-electron chi connectivity index (χ4n) is 2.79.